The summed E-state index contributed by atoms with van der Waals surface area (Å²) in [6.45, 7) is 4.32. The molecule has 0 aliphatic carbocycles. The number of hydrogen-bond donors (Lipinski definition) is 0. The summed E-state index contributed by atoms with van der Waals surface area (Å²) in [5, 5.41) is 0. The Bertz CT molecular complexity index is 234. The first-order valence-electron chi connectivity index (χ1n) is 4.64. The quantitative estimate of drug-likeness (QED) is 0.617. The normalized spacial score (nSPS) is 10.3. The van der Waals surface area contributed by atoms with Gasteiger partial charge in [0.15, 0.2) is 0 Å². The second-order valence-corrected chi connectivity index (χ2v) is 3.14. The maximum Gasteiger partial charge on any atom is 0.246 e. The van der Waals surface area contributed by atoms with E-state index in [1.165, 1.54) is 15.9 Å². The summed E-state index contributed by atoms with van der Waals surface area (Å²) in [5.41, 5.74) is 0. The van der Waals surface area contributed by atoms with E-state index in [1.54, 1.807) is 27.1 Å². The van der Waals surface area contributed by atoms with Crippen LogP contribution in [-0.4, -0.2) is 48.8 Å². The smallest absolute Gasteiger partial charge is 0.246 e. The van der Waals surface area contributed by atoms with Crippen molar-refractivity contribution >= 4 is 11.8 Å². The van der Waals surface area contributed by atoms with Gasteiger partial charge < -0.3 is 9.80 Å². The molecular weight excluding hydrogens is 180 g/mol. The van der Waals surface area contributed by atoms with Crippen LogP contribution < -0.4 is 0 Å². The van der Waals surface area contributed by atoms with Gasteiger partial charge in [-0.3, -0.25) is 9.59 Å². The van der Waals surface area contributed by atoms with Crippen molar-refractivity contribution in [2.45, 2.75) is 13.8 Å². The van der Waals surface area contributed by atoms with Crippen LogP contribution in [0.5, 0.6) is 0 Å². The third kappa shape index (κ3) is 4.07. The van der Waals surface area contributed by atoms with Crippen molar-refractivity contribution < 1.29 is 9.59 Å². The van der Waals surface area contributed by atoms with Crippen LogP contribution in [0.15, 0.2) is 12.2 Å². The predicted octanol–water partition coefficient (Wildman–Crippen LogP) is 0.499. The van der Waals surface area contributed by atoms with Crippen molar-refractivity contribution in [3.63, 3.8) is 0 Å². The molecule has 2 amide bonds. The van der Waals surface area contributed by atoms with Crippen LogP contribution in [0.2, 0.25) is 0 Å². The zero-order chi connectivity index (χ0) is 11.1. The Morgan fingerprint density at radius 2 is 1.86 bits per heavy atom. The van der Waals surface area contributed by atoms with Crippen LogP contribution >= 0.6 is 0 Å². The molecule has 0 rings (SSSR count). The highest BCUT2D eigenvalue weighted by molar-refractivity contribution is 5.91. The molecule has 0 bridgehead atoms. The molecule has 0 aromatic heterocycles. The summed E-state index contributed by atoms with van der Waals surface area (Å²) in [6, 6.07) is 0. The summed E-state index contributed by atoms with van der Waals surface area (Å²) in [7, 11) is 3.35. The molecule has 80 valence electrons. The highest BCUT2D eigenvalue weighted by Gasteiger charge is 2.13. The Morgan fingerprint density at radius 3 is 2.21 bits per heavy atom. The van der Waals surface area contributed by atoms with Crippen molar-refractivity contribution in [2.75, 3.05) is 27.2 Å². The van der Waals surface area contributed by atoms with Gasteiger partial charge in [-0.1, -0.05) is 6.08 Å². The number of amides is 2. The molecule has 0 atom stereocenters. The number of likely N-dealkylation sites (N-methyl/N-ethyl adjacent to an activating group) is 2. The van der Waals surface area contributed by atoms with E-state index in [-0.39, 0.29) is 18.4 Å². The summed E-state index contributed by atoms with van der Waals surface area (Å²) in [5.74, 6) is -0.185. The lowest BCUT2D eigenvalue weighted by molar-refractivity contribution is -0.136. The Labute approximate surface area is 85.2 Å². The van der Waals surface area contributed by atoms with Crippen molar-refractivity contribution in [3.8, 4) is 0 Å². The molecule has 0 spiro atoms. The third-order valence-electron chi connectivity index (χ3n) is 1.83. The zero-order valence-corrected chi connectivity index (χ0v) is 9.28. The van der Waals surface area contributed by atoms with Crippen molar-refractivity contribution in [1.29, 1.82) is 0 Å². The maximum absolute atomic E-state index is 11.4. The van der Waals surface area contributed by atoms with E-state index in [0.29, 0.717) is 6.54 Å². The number of nitrogens with zero attached hydrogens (tertiary/aromatic N) is 2. The van der Waals surface area contributed by atoms with Gasteiger partial charge in [0.1, 0.15) is 0 Å². The van der Waals surface area contributed by atoms with E-state index < -0.39 is 0 Å². The van der Waals surface area contributed by atoms with E-state index in [0.717, 1.165) is 0 Å². The molecule has 0 saturated carbocycles. The van der Waals surface area contributed by atoms with E-state index >= 15 is 0 Å². The summed E-state index contributed by atoms with van der Waals surface area (Å²) >= 11 is 0. The van der Waals surface area contributed by atoms with Gasteiger partial charge in [-0.2, -0.15) is 0 Å². The Balaban J connectivity index is 4.29. The van der Waals surface area contributed by atoms with Crippen LogP contribution in [0.1, 0.15) is 13.8 Å². The molecule has 4 nitrogen and oxygen atoms in total. The van der Waals surface area contributed by atoms with Gasteiger partial charge in [-0.25, -0.2) is 0 Å². The van der Waals surface area contributed by atoms with Crippen LogP contribution in [0.25, 0.3) is 0 Å². The molecule has 0 fully saturated rings. The standard InChI is InChI=1S/C10H18N2O2/c1-5-7-9(13)12(6-2)8-10(14)11(3)4/h5,7H,6,8H2,1-4H3/b7-5+. The van der Waals surface area contributed by atoms with Crippen molar-refractivity contribution in [1.82, 2.24) is 9.80 Å². The molecule has 0 aliphatic rings. The van der Waals surface area contributed by atoms with E-state index in [9.17, 15) is 9.59 Å². The Hall–Kier alpha value is -1.32. The van der Waals surface area contributed by atoms with Gasteiger partial charge in [0.2, 0.25) is 11.8 Å². The number of rotatable bonds is 4. The minimum absolute atomic E-state index is 0.0651. The molecule has 0 aromatic carbocycles. The first-order chi connectivity index (χ1) is 6.52. The molecule has 0 aliphatic heterocycles. The van der Waals surface area contributed by atoms with Gasteiger partial charge >= 0.3 is 0 Å². The fraction of sp³-hybridized carbons (Fsp3) is 0.600. The molecular formula is C10H18N2O2. The summed E-state index contributed by atoms with van der Waals surface area (Å²) in [4.78, 5) is 25.7. The molecule has 0 saturated heterocycles. The van der Waals surface area contributed by atoms with Gasteiger partial charge in [0, 0.05) is 20.6 Å². The minimum Gasteiger partial charge on any atom is -0.347 e. The first kappa shape index (κ1) is 12.7. The highest BCUT2D eigenvalue weighted by Crippen LogP contribution is 1.93. The average molecular weight is 198 g/mol. The van der Waals surface area contributed by atoms with Crippen molar-refractivity contribution in [2.24, 2.45) is 0 Å². The van der Waals surface area contributed by atoms with Gasteiger partial charge in [-0.05, 0) is 19.9 Å². The summed E-state index contributed by atoms with van der Waals surface area (Å²) in [6.07, 6.45) is 3.14. The van der Waals surface area contributed by atoms with Crippen LogP contribution in [0, 0.1) is 0 Å². The first-order valence-corrected chi connectivity index (χ1v) is 4.64. The maximum atomic E-state index is 11.4. The Morgan fingerprint density at radius 1 is 1.29 bits per heavy atom. The largest absolute Gasteiger partial charge is 0.347 e. The lowest BCUT2D eigenvalue weighted by atomic mass is 10.4. The van der Waals surface area contributed by atoms with Gasteiger partial charge in [-0.15, -0.1) is 0 Å². The molecule has 0 aromatic rings. The van der Waals surface area contributed by atoms with E-state index in [1.807, 2.05) is 6.92 Å². The fourth-order valence-corrected chi connectivity index (χ4v) is 0.898. The molecule has 0 radical (unpaired) electrons. The average Bonchev–Trinajstić information content (AvgIpc) is 2.13. The van der Waals surface area contributed by atoms with E-state index in [4.69, 9.17) is 0 Å². The number of carbonyl (C=O) groups excluding carboxylic acids is 2. The lowest BCUT2D eigenvalue weighted by Gasteiger charge is -2.20. The second kappa shape index (κ2) is 6.18. The minimum atomic E-state index is -0.120. The van der Waals surface area contributed by atoms with Gasteiger partial charge in [0.05, 0.1) is 6.54 Å². The van der Waals surface area contributed by atoms with Crippen molar-refractivity contribution in [3.05, 3.63) is 12.2 Å². The van der Waals surface area contributed by atoms with Crippen LogP contribution in [0.4, 0.5) is 0 Å². The monoisotopic (exact) mass is 198 g/mol. The molecule has 4 heteroatoms. The molecule has 0 heterocycles. The van der Waals surface area contributed by atoms with Crippen LogP contribution in [0.3, 0.4) is 0 Å². The SMILES string of the molecule is C/C=C/C(=O)N(CC)CC(=O)N(C)C. The zero-order valence-electron chi connectivity index (χ0n) is 9.28. The number of allylic oxidation sites excluding steroid dienone is 1. The predicted molar refractivity (Wildman–Crippen MR) is 55.8 cm³/mol. The number of hydrogen-bond acceptors (Lipinski definition) is 2. The third-order valence-corrected chi connectivity index (χ3v) is 1.83. The number of carbonyl (C=O) groups is 2. The molecule has 14 heavy (non-hydrogen) atoms. The fourth-order valence-electron chi connectivity index (χ4n) is 0.898. The molecule has 0 unspecified atom stereocenters. The van der Waals surface area contributed by atoms with Crippen LogP contribution in [-0.2, 0) is 9.59 Å². The highest BCUT2D eigenvalue weighted by atomic mass is 16.2. The lowest BCUT2D eigenvalue weighted by Crippen LogP contribution is -2.39. The Kier molecular flexibility index (Phi) is 5.60. The van der Waals surface area contributed by atoms with Gasteiger partial charge in [0.25, 0.3) is 0 Å². The summed E-state index contributed by atoms with van der Waals surface area (Å²) < 4.78 is 0. The topological polar surface area (TPSA) is 40.6 Å². The molecule has 0 N–H and O–H groups in total. The van der Waals surface area contributed by atoms with E-state index in [2.05, 4.69) is 0 Å². The second-order valence-electron chi connectivity index (χ2n) is 3.14.